The van der Waals surface area contributed by atoms with Gasteiger partial charge in [0.15, 0.2) is 0 Å². The van der Waals surface area contributed by atoms with Crippen LogP contribution in [0.25, 0.3) is 0 Å². The summed E-state index contributed by atoms with van der Waals surface area (Å²) in [5.41, 5.74) is 0.300. The Kier molecular flexibility index (Phi) is 4.25. The van der Waals surface area contributed by atoms with Gasteiger partial charge < -0.3 is 0 Å². The van der Waals surface area contributed by atoms with Gasteiger partial charge in [0, 0.05) is 11.8 Å². The molecular weight excluding hydrogens is 245 g/mol. The monoisotopic (exact) mass is 250 g/mol. The van der Waals surface area contributed by atoms with Crippen molar-refractivity contribution in [2.75, 3.05) is 0 Å². The van der Waals surface area contributed by atoms with Crippen LogP contribution in [0.1, 0.15) is 23.2 Å². The Bertz CT molecular complexity index is 402. The van der Waals surface area contributed by atoms with Crippen molar-refractivity contribution in [1.29, 1.82) is 5.26 Å². The average Bonchev–Trinajstić information content (AvgIpc) is 2.18. The molecule has 0 atom stereocenters. The Hall–Kier alpha value is -0.920. The van der Waals surface area contributed by atoms with E-state index >= 15 is 0 Å². The van der Waals surface area contributed by atoms with Crippen LogP contribution in [0, 0.1) is 11.3 Å². The highest BCUT2D eigenvalue weighted by molar-refractivity contribution is 6.33. The smallest absolute Gasteiger partial charge is 0.259 e. The Morgan fingerprint density at radius 3 is 2.67 bits per heavy atom. The van der Waals surface area contributed by atoms with Crippen LogP contribution in [-0.4, -0.2) is 4.98 Å². The van der Waals surface area contributed by atoms with Gasteiger partial charge in [0.2, 0.25) is 0 Å². The van der Waals surface area contributed by atoms with E-state index in [-0.39, 0.29) is 22.9 Å². The van der Waals surface area contributed by atoms with E-state index in [0.717, 1.165) is 6.20 Å². The largest absolute Gasteiger partial charge is 0.266 e. The Balaban J connectivity index is 3.27. The fraction of sp³-hybridized carbons (Fsp3) is 0.333. The van der Waals surface area contributed by atoms with Crippen molar-refractivity contribution in [3.8, 4) is 6.07 Å². The van der Waals surface area contributed by atoms with E-state index in [9.17, 15) is 8.78 Å². The second-order valence-electron chi connectivity index (χ2n) is 2.72. The molecule has 0 aromatic carbocycles. The molecule has 0 spiro atoms. The lowest BCUT2D eigenvalue weighted by Crippen LogP contribution is -2.00. The third-order valence-electron chi connectivity index (χ3n) is 1.84. The minimum Gasteiger partial charge on any atom is -0.259 e. The number of nitriles is 1. The van der Waals surface area contributed by atoms with Gasteiger partial charge in [-0.15, -0.1) is 11.6 Å². The van der Waals surface area contributed by atoms with Crippen LogP contribution in [0.3, 0.4) is 0 Å². The quantitative estimate of drug-likeness (QED) is 0.771. The van der Waals surface area contributed by atoms with Crippen LogP contribution >= 0.6 is 23.2 Å². The van der Waals surface area contributed by atoms with Crippen molar-refractivity contribution in [3.05, 3.63) is 28.0 Å². The van der Waals surface area contributed by atoms with Crippen molar-refractivity contribution in [2.45, 2.75) is 18.7 Å². The second-order valence-corrected chi connectivity index (χ2v) is 3.37. The van der Waals surface area contributed by atoms with Crippen LogP contribution in [0.15, 0.2) is 6.20 Å². The SMILES string of the molecule is N#CCc1ncc(C(F)F)c(Cl)c1CCl. The van der Waals surface area contributed by atoms with Gasteiger partial charge in [-0.2, -0.15) is 5.26 Å². The normalized spacial score (nSPS) is 10.4. The molecule has 15 heavy (non-hydrogen) atoms. The lowest BCUT2D eigenvalue weighted by atomic mass is 10.1. The van der Waals surface area contributed by atoms with Gasteiger partial charge in [-0.05, 0) is 0 Å². The first kappa shape index (κ1) is 12.2. The zero-order valence-electron chi connectivity index (χ0n) is 7.48. The summed E-state index contributed by atoms with van der Waals surface area (Å²) >= 11 is 11.3. The zero-order valence-corrected chi connectivity index (χ0v) is 8.99. The minimum absolute atomic E-state index is 0.00525. The van der Waals surface area contributed by atoms with E-state index < -0.39 is 6.43 Å². The summed E-state index contributed by atoms with van der Waals surface area (Å²) in [6.07, 6.45) is -1.70. The molecular formula is C9H6Cl2F2N2. The van der Waals surface area contributed by atoms with E-state index in [0.29, 0.717) is 11.3 Å². The molecule has 1 rings (SSSR count). The number of nitrogens with zero attached hydrogens (tertiary/aromatic N) is 2. The molecule has 0 saturated heterocycles. The molecule has 0 N–H and O–H groups in total. The maximum atomic E-state index is 12.4. The maximum absolute atomic E-state index is 12.4. The molecule has 0 unspecified atom stereocenters. The summed E-state index contributed by atoms with van der Waals surface area (Å²) in [5.74, 6) is -0.0383. The fourth-order valence-corrected chi connectivity index (χ4v) is 1.76. The van der Waals surface area contributed by atoms with E-state index in [4.69, 9.17) is 28.5 Å². The molecule has 0 aliphatic rings. The van der Waals surface area contributed by atoms with Gasteiger partial charge in [-0.25, -0.2) is 8.78 Å². The Morgan fingerprint density at radius 2 is 2.20 bits per heavy atom. The number of rotatable bonds is 3. The number of hydrogen-bond donors (Lipinski definition) is 0. The highest BCUT2D eigenvalue weighted by atomic mass is 35.5. The van der Waals surface area contributed by atoms with E-state index in [1.54, 1.807) is 0 Å². The number of aromatic nitrogens is 1. The Labute approximate surface area is 95.4 Å². The Morgan fingerprint density at radius 1 is 1.53 bits per heavy atom. The molecule has 0 radical (unpaired) electrons. The topological polar surface area (TPSA) is 36.7 Å². The van der Waals surface area contributed by atoms with Gasteiger partial charge in [0.1, 0.15) is 0 Å². The summed E-state index contributed by atoms with van der Waals surface area (Å²) in [5, 5.41) is 8.39. The highest BCUT2D eigenvalue weighted by Crippen LogP contribution is 2.31. The number of pyridine rings is 1. The first-order chi connectivity index (χ1) is 7.11. The summed E-state index contributed by atoms with van der Waals surface area (Å²) in [4.78, 5) is 3.75. The number of alkyl halides is 3. The molecule has 0 saturated carbocycles. The first-order valence-corrected chi connectivity index (χ1v) is 4.90. The van der Waals surface area contributed by atoms with Crippen LogP contribution in [0.4, 0.5) is 8.78 Å². The fourth-order valence-electron chi connectivity index (χ4n) is 1.10. The average molecular weight is 251 g/mol. The molecule has 1 aromatic rings. The summed E-state index contributed by atoms with van der Waals surface area (Å²) in [7, 11) is 0. The van der Waals surface area contributed by atoms with Gasteiger partial charge in [0.05, 0.1) is 34.7 Å². The number of halogens is 4. The van der Waals surface area contributed by atoms with Crippen molar-refractivity contribution >= 4 is 23.2 Å². The minimum atomic E-state index is -2.69. The molecule has 1 heterocycles. The van der Waals surface area contributed by atoms with Gasteiger partial charge in [0.25, 0.3) is 6.43 Å². The van der Waals surface area contributed by atoms with Crippen molar-refractivity contribution in [2.24, 2.45) is 0 Å². The van der Waals surface area contributed by atoms with Crippen LogP contribution in [0.5, 0.6) is 0 Å². The molecule has 0 bridgehead atoms. The molecule has 0 aliphatic carbocycles. The third-order valence-corrected chi connectivity index (χ3v) is 2.56. The molecule has 1 aromatic heterocycles. The van der Waals surface area contributed by atoms with Crippen molar-refractivity contribution in [3.63, 3.8) is 0 Å². The lowest BCUT2D eigenvalue weighted by molar-refractivity contribution is 0.151. The van der Waals surface area contributed by atoms with E-state index in [1.165, 1.54) is 0 Å². The number of hydrogen-bond acceptors (Lipinski definition) is 2. The molecule has 2 nitrogen and oxygen atoms in total. The van der Waals surface area contributed by atoms with Gasteiger partial charge in [-0.3, -0.25) is 4.98 Å². The molecule has 6 heteroatoms. The van der Waals surface area contributed by atoms with Crippen LogP contribution in [-0.2, 0) is 12.3 Å². The van der Waals surface area contributed by atoms with Gasteiger partial charge >= 0.3 is 0 Å². The van der Waals surface area contributed by atoms with Crippen LogP contribution < -0.4 is 0 Å². The molecule has 0 fully saturated rings. The molecule has 80 valence electrons. The van der Waals surface area contributed by atoms with Crippen molar-refractivity contribution in [1.82, 2.24) is 4.98 Å². The van der Waals surface area contributed by atoms with Gasteiger partial charge in [-0.1, -0.05) is 11.6 Å². The molecule has 0 amide bonds. The van der Waals surface area contributed by atoms with Crippen molar-refractivity contribution < 1.29 is 8.78 Å². The van der Waals surface area contributed by atoms with E-state index in [1.807, 2.05) is 6.07 Å². The highest BCUT2D eigenvalue weighted by Gasteiger charge is 2.18. The summed E-state index contributed by atoms with van der Waals surface area (Å²) in [6.45, 7) is 0. The third kappa shape index (κ3) is 2.55. The summed E-state index contributed by atoms with van der Waals surface area (Å²) in [6, 6.07) is 1.87. The summed E-state index contributed by atoms with van der Waals surface area (Å²) < 4.78 is 24.9. The predicted octanol–water partition coefficient (Wildman–Crippen LogP) is 3.48. The standard InChI is InChI=1S/C9H6Cl2F2N2/c10-3-5-7(1-2-14)15-4-6(8(5)11)9(12)13/h4,9H,1,3H2. The predicted molar refractivity (Wildman–Crippen MR) is 53.1 cm³/mol. The van der Waals surface area contributed by atoms with Crippen LogP contribution in [0.2, 0.25) is 5.02 Å². The first-order valence-electron chi connectivity index (χ1n) is 3.99. The molecule has 0 aliphatic heterocycles. The maximum Gasteiger partial charge on any atom is 0.266 e. The van der Waals surface area contributed by atoms with E-state index in [2.05, 4.69) is 4.98 Å². The zero-order chi connectivity index (χ0) is 11.4. The lowest BCUT2D eigenvalue weighted by Gasteiger charge is -2.09. The second kappa shape index (κ2) is 5.24.